The summed E-state index contributed by atoms with van der Waals surface area (Å²) in [5, 5.41) is 3.18. The highest BCUT2D eigenvalue weighted by atomic mass is 19.1. The molecule has 0 aliphatic carbocycles. The Bertz CT molecular complexity index is 321. The fourth-order valence-corrected chi connectivity index (χ4v) is 2.09. The second-order valence-corrected chi connectivity index (χ2v) is 4.01. The van der Waals surface area contributed by atoms with Crippen LogP contribution in [0.25, 0.3) is 0 Å². The molecule has 2 rings (SSSR count). The molecule has 1 nitrogen and oxygen atoms in total. The normalized spacial score (nSPS) is 20.1. The minimum absolute atomic E-state index is 0.0388. The summed E-state index contributed by atoms with van der Waals surface area (Å²) >= 11 is 0. The van der Waals surface area contributed by atoms with Crippen LogP contribution < -0.4 is 5.32 Å². The molecular weight excluding hydrogens is 196 g/mol. The maximum Gasteiger partial charge on any atom is 0.131 e. The van der Waals surface area contributed by atoms with Crippen molar-refractivity contribution in [1.29, 1.82) is 0 Å². The number of hydrogen-bond acceptors (Lipinski definition) is 1. The van der Waals surface area contributed by atoms with Crippen LogP contribution in [-0.2, 0) is 0 Å². The minimum Gasteiger partial charge on any atom is -0.317 e. The van der Waals surface area contributed by atoms with Gasteiger partial charge in [0.05, 0.1) is 0 Å². The number of rotatable bonds is 2. The highest BCUT2D eigenvalue weighted by molar-refractivity contribution is 5.20. The molecule has 0 bridgehead atoms. The van der Waals surface area contributed by atoms with E-state index < -0.39 is 12.0 Å². The first-order chi connectivity index (χ1) is 7.29. The second kappa shape index (κ2) is 4.71. The van der Waals surface area contributed by atoms with Crippen LogP contribution >= 0.6 is 0 Å². The maximum atomic E-state index is 14.0. The fraction of sp³-hybridized carbons (Fsp3) is 0.500. The lowest BCUT2D eigenvalue weighted by molar-refractivity contribution is 0.186. The van der Waals surface area contributed by atoms with Crippen molar-refractivity contribution < 1.29 is 8.78 Å². The summed E-state index contributed by atoms with van der Waals surface area (Å²) in [4.78, 5) is 0. The average molecular weight is 211 g/mol. The van der Waals surface area contributed by atoms with Gasteiger partial charge in [0.15, 0.2) is 0 Å². The molecule has 15 heavy (non-hydrogen) atoms. The SMILES string of the molecule is Fc1ccccc1C(F)C1CCNCC1. The summed E-state index contributed by atoms with van der Waals surface area (Å²) in [6, 6.07) is 6.14. The number of nitrogens with one attached hydrogen (secondary N) is 1. The fourth-order valence-electron chi connectivity index (χ4n) is 2.09. The summed E-state index contributed by atoms with van der Waals surface area (Å²) in [7, 11) is 0. The predicted octanol–water partition coefficient (Wildman–Crippen LogP) is 2.84. The quantitative estimate of drug-likeness (QED) is 0.793. The third-order valence-corrected chi connectivity index (χ3v) is 3.00. The van der Waals surface area contributed by atoms with E-state index in [9.17, 15) is 8.78 Å². The summed E-state index contributed by atoms with van der Waals surface area (Å²) in [6.07, 6.45) is 0.415. The van der Waals surface area contributed by atoms with E-state index in [4.69, 9.17) is 0 Å². The minimum atomic E-state index is -1.16. The Morgan fingerprint density at radius 1 is 1.20 bits per heavy atom. The molecule has 82 valence electrons. The largest absolute Gasteiger partial charge is 0.317 e. The summed E-state index contributed by atoms with van der Waals surface area (Å²) in [5.74, 6) is -0.466. The molecule has 1 aliphatic heterocycles. The molecule has 1 atom stereocenters. The summed E-state index contributed by atoms with van der Waals surface area (Å²) in [6.45, 7) is 1.67. The Hall–Kier alpha value is -0.960. The van der Waals surface area contributed by atoms with Crippen LogP contribution in [0, 0.1) is 11.7 Å². The molecule has 1 unspecified atom stereocenters. The Labute approximate surface area is 88.5 Å². The van der Waals surface area contributed by atoms with E-state index in [1.165, 1.54) is 6.07 Å². The lowest BCUT2D eigenvalue weighted by Gasteiger charge is -2.26. The van der Waals surface area contributed by atoms with E-state index in [1.807, 2.05) is 0 Å². The molecule has 1 aliphatic rings. The van der Waals surface area contributed by atoms with Crippen molar-refractivity contribution >= 4 is 0 Å². The van der Waals surface area contributed by atoms with Gasteiger partial charge in [-0.25, -0.2) is 8.78 Å². The van der Waals surface area contributed by atoms with E-state index in [0.29, 0.717) is 0 Å². The van der Waals surface area contributed by atoms with Crippen molar-refractivity contribution in [2.75, 3.05) is 13.1 Å². The van der Waals surface area contributed by atoms with Gasteiger partial charge in [-0.2, -0.15) is 0 Å². The Morgan fingerprint density at radius 3 is 2.53 bits per heavy atom. The van der Waals surface area contributed by atoms with Crippen LogP contribution in [0.4, 0.5) is 8.78 Å². The van der Waals surface area contributed by atoms with Gasteiger partial charge in [-0.1, -0.05) is 18.2 Å². The molecular formula is C12H15F2N. The van der Waals surface area contributed by atoms with Gasteiger partial charge >= 0.3 is 0 Å². The number of benzene rings is 1. The Balaban J connectivity index is 2.12. The van der Waals surface area contributed by atoms with E-state index in [-0.39, 0.29) is 11.5 Å². The van der Waals surface area contributed by atoms with Crippen molar-refractivity contribution in [3.8, 4) is 0 Å². The summed E-state index contributed by atoms with van der Waals surface area (Å²) < 4.78 is 27.4. The number of halogens is 2. The lowest BCUT2D eigenvalue weighted by atomic mass is 9.89. The van der Waals surface area contributed by atoms with E-state index in [1.54, 1.807) is 18.2 Å². The molecule has 1 N–H and O–H groups in total. The monoisotopic (exact) mass is 211 g/mol. The third kappa shape index (κ3) is 2.34. The van der Waals surface area contributed by atoms with Gasteiger partial charge in [0.1, 0.15) is 12.0 Å². The van der Waals surface area contributed by atoms with Crippen LogP contribution in [0.3, 0.4) is 0 Å². The molecule has 1 saturated heterocycles. The molecule has 0 amide bonds. The van der Waals surface area contributed by atoms with Gasteiger partial charge in [-0.05, 0) is 37.9 Å². The van der Waals surface area contributed by atoms with Gasteiger partial charge in [0.2, 0.25) is 0 Å². The van der Waals surface area contributed by atoms with Gasteiger partial charge in [0.25, 0.3) is 0 Å². The predicted molar refractivity (Wildman–Crippen MR) is 55.8 cm³/mol. The Kier molecular flexibility index (Phi) is 3.31. The van der Waals surface area contributed by atoms with Crippen LogP contribution in [0.5, 0.6) is 0 Å². The molecule has 0 saturated carbocycles. The number of hydrogen-bond donors (Lipinski definition) is 1. The molecule has 1 aromatic carbocycles. The van der Waals surface area contributed by atoms with E-state index >= 15 is 0 Å². The standard InChI is InChI=1S/C12H15F2N/c13-11-4-2-1-3-10(11)12(14)9-5-7-15-8-6-9/h1-4,9,12,15H,5-8H2. The highest BCUT2D eigenvalue weighted by Crippen LogP contribution is 2.33. The van der Waals surface area contributed by atoms with Crippen LogP contribution in [0.15, 0.2) is 24.3 Å². The number of alkyl halides is 1. The smallest absolute Gasteiger partial charge is 0.131 e. The van der Waals surface area contributed by atoms with Crippen molar-refractivity contribution in [1.82, 2.24) is 5.32 Å². The van der Waals surface area contributed by atoms with Crippen molar-refractivity contribution in [3.63, 3.8) is 0 Å². The topological polar surface area (TPSA) is 12.0 Å². The van der Waals surface area contributed by atoms with Gasteiger partial charge < -0.3 is 5.32 Å². The van der Waals surface area contributed by atoms with E-state index in [2.05, 4.69) is 5.32 Å². The average Bonchev–Trinajstić information content (AvgIpc) is 2.30. The molecule has 3 heteroatoms. The van der Waals surface area contributed by atoms with Crippen LogP contribution in [-0.4, -0.2) is 13.1 Å². The second-order valence-electron chi connectivity index (χ2n) is 4.01. The van der Waals surface area contributed by atoms with Gasteiger partial charge in [-0.3, -0.25) is 0 Å². The molecule has 1 heterocycles. The van der Waals surface area contributed by atoms with Gasteiger partial charge in [-0.15, -0.1) is 0 Å². The first kappa shape index (κ1) is 10.6. The van der Waals surface area contributed by atoms with Gasteiger partial charge in [0, 0.05) is 5.56 Å². The number of piperidine rings is 1. The Morgan fingerprint density at radius 2 is 1.87 bits per heavy atom. The molecule has 0 radical (unpaired) electrons. The highest BCUT2D eigenvalue weighted by Gasteiger charge is 2.26. The molecule has 1 fully saturated rings. The van der Waals surface area contributed by atoms with Crippen molar-refractivity contribution in [3.05, 3.63) is 35.6 Å². The van der Waals surface area contributed by atoms with Crippen LogP contribution in [0.2, 0.25) is 0 Å². The zero-order valence-electron chi connectivity index (χ0n) is 8.55. The van der Waals surface area contributed by atoms with E-state index in [0.717, 1.165) is 25.9 Å². The lowest BCUT2D eigenvalue weighted by Crippen LogP contribution is -2.30. The molecule has 1 aromatic rings. The van der Waals surface area contributed by atoms with Crippen molar-refractivity contribution in [2.24, 2.45) is 5.92 Å². The van der Waals surface area contributed by atoms with Crippen molar-refractivity contribution in [2.45, 2.75) is 19.0 Å². The first-order valence-corrected chi connectivity index (χ1v) is 5.38. The third-order valence-electron chi connectivity index (χ3n) is 3.00. The summed E-state index contributed by atoms with van der Waals surface area (Å²) in [5.41, 5.74) is 0.212. The zero-order chi connectivity index (χ0) is 10.7. The molecule has 0 aromatic heterocycles. The maximum absolute atomic E-state index is 14.0. The zero-order valence-corrected chi connectivity index (χ0v) is 8.55. The van der Waals surface area contributed by atoms with Crippen LogP contribution in [0.1, 0.15) is 24.6 Å². The molecule has 0 spiro atoms. The first-order valence-electron chi connectivity index (χ1n) is 5.38.